The molecule has 54 valence electrons. The average molecular weight is 128 g/mol. The Morgan fingerprint density at radius 3 is 1.78 bits per heavy atom. The molecule has 1 N–H and O–H groups in total. The molecule has 0 spiro atoms. The van der Waals surface area contributed by atoms with E-state index in [4.69, 9.17) is 0 Å². The van der Waals surface area contributed by atoms with Crippen LogP contribution < -0.4 is 0 Å². The number of hydrogen-bond acceptors (Lipinski definition) is 1. The third kappa shape index (κ3) is 0.710. The number of hydrogen-bond donors (Lipinski definition) is 1. The molecular formula is C8H16O. The Hall–Kier alpha value is -0.0400. The van der Waals surface area contributed by atoms with Gasteiger partial charge in [0.15, 0.2) is 0 Å². The highest BCUT2D eigenvalue weighted by molar-refractivity contribution is 5.07. The second-order valence-corrected chi connectivity index (χ2v) is 3.75. The number of rotatable bonds is 1. The van der Waals surface area contributed by atoms with Gasteiger partial charge in [-0.15, -0.1) is 0 Å². The molecular weight excluding hydrogens is 112 g/mol. The maximum atomic E-state index is 9.32. The SMILES string of the molecule is CC(C)C1(C)C(C)C1O. The van der Waals surface area contributed by atoms with Gasteiger partial charge in [-0.3, -0.25) is 0 Å². The first-order valence-corrected chi connectivity index (χ1v) is 3.69. The second-order valence-electron chi connectivity index (χ2n) is 3.75. The summed E-state index contributed by atoms with van der Waals surface area (Å²) in [5.41, 5.74) is 0.222. The van der Waals surface area contributed by atoms with Crippen molar-refractivity contribution in [1.29, 1.82) is 0 Å². The molecule has 1 aliphatic carbocycles. The standard InChI is InChI=1S/C8H16O/c1-5(2)8(4)6(3)7(8)9/h5-7,9H,1-4H3. The Morgan fingerprint density at radius 1 is 1.44 bits per heavy atom. The predicted octanol–water partition coefficient (Wildman–Crippen LogP) is 1.66. The molecule has 0 saturated heterocycles. The molecule has 0 aromatic heterocycles. The maximum absolute atomic E-state index is 9.32. The maximum Gasteiger partial charge on any atom is 0.0631 e. The van der Waals surface area contributed by atoms with Crippen LogP contribution in [0.5, 0.6) is 0 Å². The molecule has 1 rings (SSSR count). The van der Waals surface area contributed by atoms with Crippen molar-refractivity contribution < 1.29 is 5.11 Å². The van der Waals surface area contributed by atoms with Crippen LogP contribution in [0.15, 0.2) is 0 Å². The van der Waals surface area contributed by atoms with Crippen molar-refractivity contribution in [3.05, 3.63) is 0 Å². The lowest BCUT2D eigenvalue weighted by atomic mass is 9.92. The van der Waals surface area contributed by atoms with E-state index in [1.807, 2.05) is 0 Å². The zero-order valence-corrected chi connectivity index (χ0v) is 6.68. The van der Waals surface area contributed by atoms with Crippen LogP contribution >= 0.6 is 0 Å². The van der Waals surface area contributed by atoms with Gasteiger partial charge in [-0.1, -0.05) is 27.7 Å². The molecule has 0 aliphatic heterocycles. The van der Waals surface area contributed by atoms with Gasteiger partial charge in [0.1, 0.15) is 0 Å². The quantitative estimate of drug-likeness (QED) is 0.569. The van der Waals surface area contributed by atoms with Crippen molar-refractivity contribution in [3.8, 4) is 0 Å². The van der Waals surface area contributed by atoms with E-state index in [0.29, 0.717) is 11.8 Å². The summed E-state index contributed by atoms with van der Waals surface area (Å²) in [6.07, 6.45) is -0.0440. The van der Waals surface area contributed by atoms with Crippen LogP contribution in [0.25, 0.3) is 0 Å². The van der Waals surface area contributed by atoms with E-state index in [9.17, 15) is 5.11 Å². The first-order chi connectivity index (χ1) is 4.01. The summed E-state index contributed by atoms with van der Waals surface area (Å²) in [7, 11) is 0. The van der Waals surface area contributed by atoms with Crippen LogP contribution in [-0.4, -0.2) is 11.2 Å². The third-order valence-electron chi connectivity index (χ3n) is 3.23. The lowest BCUT2D eigenvalue weighted by molar-refractivity contribution is 0.198. The van der Waals surface area contributed by atoms with Crippen molar-refractivity contribution in [2.75, 3.05) is 0 Å². The van der Waals surface area contributed by atoms with Gasteiger partial charge in [-0.2, -0.15) is 0 Å². The first kappa shape index (κ1) is 7.07. The highest BCUT2D eigenvalue weighted by Crippen LogP contribution is 2.56. The van der Waals surface area contributed by atoms with Crippen LogP contribution in [0, 0.1) is 17.3 Å². The van der Waals surface area contributed by atoms with Crippen molar-refractivity contribution in [2.24, 2.45) is 17.3 Å². The van der Waals surface area contributed by atoms with Crippen LogP contribution in [0.1, 0.15) is 27.7 Å². The third-order valence-corrected chi connectivity index (χ3v) is 3.23. The summed E-state index contributed by atoms with van der Waals surface area (Å²) in [6.45, 7) is 8.62. The van der Waals surface area contributed by atoms with Gasteiger partial charge in [-0.25, -0.2) is 0 Å². The van der Waals surface area contributed by atoms with Gasteiger partial charge in [0, 0.05) is 5.41 Å². The van der Waals surface area contributed by atoms with Gasteiger partial charge in [-0.05, 0) is 11.8 Å². The van der Waals surface area contributed by atoms with Crippen molar-refractivity contribution in [1.82, 2.24) is 0 Å². The fraction of sp³-hybridized carbons (Fsp3) is 1.00. The van der Waals surface area contributed by atoms with Gasteiger partial charge in [0.2, 0.25) is 0 Å². The van der Waals surface area contributed by atoms with Gasteiger partial charge < -0.3 is 5.11 Å². The number of aliphatic hydroxyl groups excluding tert-OH is 1. The minimum absolute atomic E-state index is 0.0440. The van der Waals surface area contributed by atoms with E-state index in [-0.39, 0.29) is 11.5 Å². The van der Waals surface area contributed by atoms with Crippen molar-refractivity contribution in [3.63, 3.8) is 0 Å². The molecule has 1 fully saturated rings. The van der Waals surface area contributed by atoms with Crippen molar-refractivity contribution >= 4 is 0 Å². The van der Waals surface area contributed by atoms with E-state index >= 15 is 0 Å². The van der Waals surface area contributed by atoms with E-state index in [1.54, 1.807) is 0 Å². The summed E-state index contributed by atoms with van der Waals surface area (Å²) in [6, 6.07) is 0. The minimum Gasteiger partial charge on any atom is -0.392 e. The molecule has 3 atom stereocenters. The topological polar surface area (TPSA) is 20.2 Å². The summed E-state index contributed by atoms with van der Waals surface area (Å²) in [5.74, 6) is 1.12. The van der Waals surface area contributed by atoms with E-state index in [1.165, 1.54) is 0 Å². The molecule has 1 saturated carbocycles. The zero-order valence-electron chi connectivity index (χ0n) is 6.68. The van der Waals surface area contributed by atoms with E-state index in [0.717, 1.165) is 0 Å². The van der Waals surface area contributed by atoms with Gasteiger partial charge in [0.05, 0.1) is 6.10 Å². The Bertz CT molecular complexity index is 100. The molecule has 0 aromatic carbocycles. The fourth-order valence-electron chi connectivity index (χ4n) is 1.59. The van der Waals surface area contributed by atoms with Crippen LogP contribution in [0.2, 0.25) is 0 Å². The average Bonchev–Trinajstić information content (AvgIpc) is 2.22. The van der Waals surface area contributed by atoms with Gasteiger partial charge >= 0.3 is 0 Å². The Balaban J connectivity index is 2.60. The molecule has 1 aliphatic rings. The van der Waals surface area contributed by atoms with Crippen LogP contribution in [0.3, 0.4) is 0 Å². The Kier molecular flexibility index (Phi) is 1.35. The number of aliphatic hydroxyl groups is 1. The van der Waals surface area contributed by atoms with Crippen LogP contribution in [0.4, 0.5) is 0 Å². The smallest absolute Gasteiger partial charge is 0.0631 e. The fourth-order valence-corrected chi connectivity index (χ4v) is 1.59. The monoisotopic (exact) mass is 128 g/mol. The van der Waals surface area contributed by atoms with Crippen LogP contribution in [-0.2, 0) is 0 Å². The van der Waals surface area contributed by atoms with Crippen molar-refractivity contribution in [2.45, 2.75) is 33.8 Å². The molecule has 3 unspecified atom stereocenters. The van der Waals surface area contributed by atoms with E-state index < -0.39 is 0 Å². The summed E-state index contributed by atoms with van der Waals surface area (Å²) in [5, 5.41) is 9.32. The highest BCUT2D eigenvalue weighted by Gasteiger charge is 2.59. The molecule has 0 amide bonds. The molecule has 1 nitrogen and oxygen atoms in total. The largest absolute Gasteiger partial charge is 0.392 e. The highest BCUT2D eigenvalue weighted by atomic mass is 16.3. The molecule has 1 heteroatoms. The first-order valence-electron chi connectivity index (χ1n) is 3.69. The molecule has 0 bridgehead atoms. The normalized spacial score (nSPS) is 50.0. The second kappa shape index (κ2) is 1.72. The minimum atomic E-state index is -0.0440. The van der Waals surface area contributed by atoms with E-state index in [2.05, 4.69) is 27.7 Å². The molecule has 9 heavy (non-hydrogen) atoms. The Morgan fingerprint density at radius 2 is 1.78 bits per heavy atom. The molecule has 0 radical (unpaired) electrons. The van der Waals surface area contributed by atoms with Gasteiger partial charge in [0.25, 0.3) is 0 Å². The predicted molar refractivity (Wildman–Crippen MR) is 38.1 cm³/mol. The molecule has 0 aromatic rings. The summed E-state index contributed by atoms with van der Waals surface area (Å²) < 4.78 is 0. The Labute approximate surface area is 57.1 Å². The zero-order chi connectivity index (χ0) is 7.23. The summed E-state index contributed by atoms with van der Waals surface area (Å²) in [4.78, 5) is 0. The lowest BCUT2D eigenvalue weighted by Gasteiger charge is -2.13. The molecule has 0 heterocycles. The lowest BCUT2D eigenvalue weighted by Crippen LogP contribution is -2.09. The summed E-state index contributed by atoms with van der Waals surface area (Å²) >= 11 is 0.